The standard InChI is InChI=1S/C16H17Cl2NO2S2/c1-4-21-14-11(17)5-10(6-12(14)18)7-13-15(20)19(8-9(2)3)16(22)23-13/h5-7,9H,4,8H2,1-3H3/b13-7-. The van der Waals surface area contributed by atoms with Crippen LogP contribution in [0.5, 0.6) is 5.75 Å². The molecule has 23 heavy (non-hydrogen) atoms. The van der Waals surface area contributed by atoms with Crippen molar-refractivity contribution in [3.8, 4) is 5.75 Å². The minimum atomic E-state index is -0.0742. The SMILES string of the molecule is CCOc1c(Cl)cc(/C=C2\SC(=S)N(CC(C)C)C2=O)cc1Cl. The Kier molecular flexibility index (Phi) is 6.37. The minimum absolute atomic E-state index is 0.0742. The van der Waals surface area contributed by atoms with Gasteiger partial charge in [0.1, 0.15) is 4.32 Å². The van der Waals surface area contributed by atoms with E-state index in [1.807, 2.05) is 20.8 Å². The molecule has 0 spiro atoms. The molecule has 1 aromatic carbocycles. The normalized spacial score (nSPS) is 16.8. The fraction of sp³-hybridized carbons (Fsp3) is 0.375. The maximum atomic E-state index is 12.5. The topological polar surface area (TPSA) is 29.5 Å². The van der Waals surface area contributed by atoms with E-state index in [0.29, 0.717) is 44.1 Å². The van der Waals surface area contributed by atoms with Crippen LogP contribution in [0.4, 0.5) is 0 Å². The van der Waals surface area contributed by atoms with E-state index in [1.165, 1.54) is 11.8 Å². The van der Waals surface area contributed by atoms with Crippen molar-refractivity contribution < 1.29 is 9.53 Å². The van der Waals surface area contributed by atoms with E-state index in [9.17, 15) is 4.79 Å². The van der Waals surface area contributed by atoms with E-state index < -0.39 is 0 Å². The summed E-state index contributed by atoms with van der Waals surface area (Å²) < 4.78 is 5.99. The number of ether oxygens (including phenoxy) is 1. The predicted molar refractivity (Wildman–Crippen MR) is 102 cm³/mol. The zero-order valence-electron chi connectivity index (χ0n) is 13.1. The number of amides is 1. The van der Waals surface area contributed by atoms with E-state index in [-0.39, 0.29) is 5.91 Å². The van der Waals surface area contributed by atoms with Crippen molar-refractivity contribution in [3.63, 3.8) is 0 Å². The number of carbonyl (C=O) groups is 1. The van der Waals surface area contributed by atoms with Gasteiger partial charge >= 0.3 is 0 Å². The van der Waals surface area contributed by atoms with E-state index in [0.717, 1.165) is 5.56 Å². The van der Waals surface area contributed by atoms with Gasteiger partial charge in [0.05, 0.1) is 21.6 Å². The van der Waals surface area contributed by atoms with Crippen LogP contribution in [0.25, 0.3) is 6.08 Å². The molecule has 0 radical (unpaired) electrons. The second-order valence-electron chi connectivity index (χ2n) is 5.43. The highest BCUT2D eigenvalue weighted by Gasteiger charge is 2.32. The summed E-state index contributed by atoms with van der Waals surface area (Å²) in [5.41, 5.74) is 0.744. The first-order valence-corrected chi connectivity index (χ1v) is 9.18. The zero-order chi connectivity index (χ0) is 17.1. The van der Waals surface area contributed by atoms with Gasteiger partial charge in [-0.2, -0.15) is 0 Å². The maximum Gasteiger partial charge on any atom is 0.266 e. The molecule has 0 aromatic heterocycles. The van der Waals surface area contributed by atoms with E-state index in [2.05, 4.69) is 0 Å². The Balaban J connectivity index is 2.29. The van der Waals surface area contributed by atoms with Crippen LogP contribution in [-0.4, -0.2) is 28.3 Å². The molecule has 0 atom stereocenters. The van der Waals surface area contributed by atoms with E-state index in [4.69, 9.17) is 40.2 Å². The lowest BCUT2D eigenvalue weighted by atomic mass is 10.2. The third-order valence-electron chi connectivity index (χ3n) is 3.03. The third kappa shape index (κ3) is 4.41. The summed E-state index contributed by atoms with van der Waals surface area (Å²) in [5, 5.41) is 0.839. The number of hydrogen-bond donors (Lipinski definition) is 0. The minimum Gasteiger partial charge on any atom is -0.491 e. The summed E-state index contributed by atoms with van der Waals surface area (Å²) in [6.45, 7) is 7.06. The van der Waals surface area contributed by atoms with Gasteiger partial charge in [0.15, 0.2) is 5.75 Å². The van der Waals surface area contributed by atoms with Crippen molar-refractivity contribution in [1.82, 2.24) is 4.90 Å². The molecular formula is C16H17Cl2NO2S2. The number of carbonyl (C=O) groups excluding carboxylic acids is 1. The van der Waals surface area contributed by atoms with Gasteiger partial charge in [-0.15, -0.1) is 0 Å². The van der Waals surface area contributed by atoms with Gasteiger partial charge in [-0.05, 0) is 36.6 Å². The van der Waals surface area contributed by atoms with Crippen LogP contribution in [0.15, 0.2) is 17.0 Å². The average molecular weight is 390 g/mol. The summed E-state index contributed by atoms with van der Waals surface area (Å²) in [5.74, 6) is 0.737. The molecule has 3 nitrogen and oxygen atoms in total. The van der Waals surface area contributed by atoms with Crippen LogP contribution in [0, 0.1) is 5.92 Å². The molecule has 7 heteroatoms. The Morgan fingerprint density at radius 2 is 1.96 bits per heavy atom. The lowest BCUT2D eigenvalue weighted by Crippen LogP contribution is -2.31. The second kappa shape index (κ2) is 7.88. The molecule has 0 N–H and O–H groups in total. The molecule has 1 fully saturated rings. The van der Waals surface area contributed by atoms with Gasteiger partial charge in [-0.1, -0.05) is 61.0 Å². The summed E-state index contributed by atoms with van der Waals surface area (Å²) in [4.78, 5) is 14.7. The van der Waals surface area contributed by atoms with Crippen molar-refractivity contribution in [2.75, 3.05) is 13.2 Å². The first kappa shape index (κ1) is 18.6. The lowest BCUT2D eigenvalue weighted by molar-refractivity contribution is -0.122. The molecule has 1 heterocycles. The van der Waals surface area contributed by atoms with Gasteiger partial charge in [0.2, 0.25) is 0 Å². The first-order valence-electron chi connectivity index (χ1n) is 7.20. The summed E-state index contributed by atoms with van der Waals surface area (Å²) in [7, 11) is 0. The van der Waals surface area contributed by atoms with Crippen LogP contribution in [-0.2, 0) is 4.79 Å². The van der Waals surface area contributed by atoms with Crippen molar-refractivity contribution >= 4 is 63.5 Å². The van der Waals surface area contributed by atoms with Crippen LogP contribution in [0.1, 0.15) is 26.3 Å². The zero-order valence-corrected chi connectivity index (χ0v) is 16.2. The Hall–Kier alpha value is -0.750. The molecular weight excluding hydrogens is 373 g/mol. The highest BCUT2D eigenvalue weighted by Crippen LogP contribution is 2.37. The number of nitrogens with zero attached hydrogens (tertiary/aromatic N) is 1. The highest BCUT2D eigenvalue weighted by atomic mass is 35.5. The lowest BCUT2D eigenvalue weighted by Gasteiger charge is -2.16. The van der Waals surface area contributed by atoms with E-state index >= 15 is 0 Å². The van der Waals surface area contributed by atoms with Crippen molar-refractivity contribution in [2.24, 2.45) is 5.92 Å². The van der Waals surface area contributed by atoms with Crippen LogP contribution in [0.3, 0.4) is 0 Å². The molecule has 2 rings (SSSR count). The maximum absolute atomic E-state index is 12.5. The molecule has 1 saturated heterocycles. The molecule has 1 amide bonds. The number of thiocarbonyl (C=S) groups is 1. The Labute approximate surface area is 156 Å². The monoisotopic (exact) mass is 389 g/mol. The molecule has 1 aromatic rings. The predicted octanol–water partition coefficient (Wildman–Crippen LogP) is 5.25. The Bertz CT molecular complexity index is 651. The van der Waals surface area contributed by atoms with Crippen LogP contribution < -0.4 is 4.74 Å². The second-order valence-corrected chi connectivity index (χ2v) is 7.92. The van der Waals surface area contributed by atoms with Gasteiger partial charge in [-0.3, -0.25) is 9.69 Å². The molecule has 0 bridgehead atoms. The quantitative estimate of drug-likeness (QED) is 0.507. The summed E-state index contributed by atoms with van der Waals surface area (Å²) in [6, 6.07) is 3.46. The highest BCUT2D eigenvalue weighted by molar-refractivity contribution is 8.26. The first-order chi connectivity index (χ1) is 10.8. The number of benzene rings is 1. The fourth-order valence-corrected chi connectivity index (χ4v) is 4.01. The Morgan fingerprint density at radius 3 is 2.48 bits per heavy atom. The summed E-state index contributed by atoms with van der Waals surface area (Å²) >= 11 is 19.0. The van der Waals surface area contributed by atoms with Gasteiger partial charge in [0, 0.05) is 6.54 Å². The fourth-order valence-electron chi connectivity index (χ4n) is 2.12. The largest absolute Gasteiger partial charge is 0.491 e. The van der Waals surface area contributed by atoms with Crippen molar-refractivity contribution in [3.05, 3.63) is 32.6 Å². The molecule has 1 aliphatic rings. The van der Waals surface area contributed by atoms with Crippen molar-refractivity contribution in [2.45, 2.75) is 20.8 Å². The van der Waals surface area contributed by atoms with E-state index in [1.54, 1.807) is 23.1 Å². The number of thioether (sulfide) groups is 1. The molecule has 0 aliphatic carbocycles. The Morgan fingerprint density at radius 1 is 1.35 bits per heavy atom. The average Bonchev–Trinajstić information content (AvgIpc) is 2.70. The molecule has 0 unspecified atom stereocenters. The summed E-state index contributed by atoms with van der Waals surface area (Å²) in [6.07, 6.45) is 1.76. The number of halogens is 2. The van der Waals surface area contributed by atoms with Gasteiger partial charge < -0.3 is 4.74 Å². The third-order valence-corrected chi connectivity index (χ3v) is 4.97. The van der Waals surface area contributed by atoms with Crippen LogP contribution >= 0.6 is 47.2 Å². The number of hydrogen-bond acceptors (Lipinski definition) is 4. The number of rotatable bonds is 5. The van der Waals surface area contributed by atoms with Gasteiger partial charge in [0.25, 0.3) is 5.91 Å². The van der Waals surface area contributed by atoms with Crippen LogP contribution in [0.2, 0.25) is 10.0 Å². The van der Waals surface area contributed by atoms with Gasteiger partial charge in [-0.25, -0.2) is 0 Å². The molecule has 0 saturated carbocycles. The van der Waals surface area contributed by atoms with Crippen molar-refractivity contribution in [1.29, 1.82) is 0 Å². The molecule has 124 valence electrons. The molecule has 1 aliphatic heterocycles. The smallest absolute Gasteiger partial charge is 0.266 e.